The van der Waals surface area contributed by atoms with E-state index in [-0.39, 0.29) is 12.1 Å². The van der Waals surface area contributed by atoms with Gasteiger partial charge in [-0.3, -0.25) is 19.1 Å². The van der Waals surface area contributed by atoms with Crippen LogP contribution in [0.1, 0.15) is 32.7 Å². The largest absolute Gasteiger partial charge is 0.416 e. The van der Waals surface area contributed by atoms with Gasteiger partial charge in [0.05, 0.1) is 16.9 Å². The number of fused-ring (bicyclic) bond motifs is 1. The van der Waals surface area contributed by atoms with Crippen LogP contribution in [0.4, 0.5) is 19.1 Å². The van der Waals surface area contributed by atoms with Crippen LogP contribution in [-0.2, 0) is 19.3 Å². The summed E-state index contributed by atoms with van der Waals surface area (Å²) >= 11 is 0. The summed E-state index contributed by atoms with van der Waals surface area (Å²) in [5.41, 5.74) is 2.94. The van der Waals surface area contributed by atoms with Crippen molar-refractivity contribution < 1.29 is 18.0 Å². The third-order valence-electron chi connectivity index (χ3n) is 7.96. The summed E-state index contributed by atoms with van der Waals surface area (Å²) in [4.78, 5) is 40.1. The fourth-order valence-electron chi connectivity index (χ4n) is 5.45. The maximum atomic E-state index is 13.1. The molecule has 11 heteroatoms. The number of amides is 1. The molecule has 1 fully saturated rings. The second-order valence-corrected chi connectivity index (χ2v) is 11.0. The van der Waals surface area contributed by atoms with Crippen molar-refractivity contribution in [3.8, 4) is 5.69 Å². The molecule has 1 aliphatic heterocycles. The number of piperazine rings is 1. The van der Waals surface area contributed by atoms with Crippen LogP contribution in [0.3, 0.4) is 0 Å². The minimum Gasteiger partial charge on any atom is -0.348 e. The van der Waals surface area contributed by atoms with Crippen LogP contribution in [0, 0.1) is 6.92 Å². The number of hydrogen-bond donors (Lipinski definition) is 1. The van der Waals surface area contributed by atoms with E-state index in [1.54, 1.807) is 30.3 Å². The summed E-state index contributed by atoms with van der Waals surface area (Å²) in [5, 5.41) is 3.47. The molecule has 0 saturated carbocycles. The summed E-state index contributed by atoms with van der Waals surface area (Å²) in [5.74, 6) is 0.177. The maximum Gasteiger partial charge on any atom is 0.416 e. The topological polar surface area (TPSA) is 83.4 Å². The van der Waals surface area contributed by atoms with Gasteiger partial charge >= 0.3 is 6.18 Å². The van der Waals surface area contributed by atoms with Gasteiger partial charge in [0.2, 0.25) is 5.95 Å². The van der Waals surface area contributed by atoms with Crippen molar-refractivity contribution in [1.29, 1.82) is 0 Å². The SMILES string of the molecule is Cc1nc(N2CCN(Cc3ccccc3)CC2)nc2c1ccc(=O)n2-c1ccc(C(=O)NCc2ccc(C(F)(F)F)cc2)cc1. The molecule has 2 aromatic heterocycles. The average Bonchev–Trinajstić information content (AvgIpc) is 3.04. The predicted molar refractivity (Wildman–Crippen MR) is 166 cm³/mol. The van der Waals surface area contributed by atoms with E-state index < -0.39 is 17.6 Å². The number of halogens is 3. The van der Waals surface area contributed by atoms with Gasteiger partial charge in [0.25, 0.3) is 11.5 Å². The van der Waals surface area contributed by atoms with Crippen LogP contribution in [0.5, 0.6) is 0 Å². The number of rotatable bonds is 7. The number of aromatic nitrogens is 3. The highest BCUT2D eigenvalue weighted by molar-refractivity contribution is 5.94. The molecule has 0 atom stereocenters. The fourth-order valence-corrected chi connectivity index (χ4v) is 5.45. The average molecular weight is 613 g/mol. The molecule has 0 spiro atoms. The Morgan fingerprint density at radius 1 is 0.822 bits per heavy atom. The van der Waals surface area contributed by atoms with E-state index >= 15 is 0 Å². The Morgan fingerprint density at radius 2 is 1.51 bits per heavy atom. The zero-order valence-electron chi connectivity index (χ0n) is 24.6. The van der Waals surface area contributed by atoms with Gasteiger partial charge in [-0.1, -0.05) is 42.5 Å². The molecule has 1 N–H and O–H groups in total. The third-order valence-corrected chi connectivity index (χ3v) is 7.96. The zero-order chi connectivity index (χ0) is 31.6. The molecule has 3 heterocycles. The highest BCUT2D eigenvalue weighted by atomic mass is 19.4. The first-order chi connectivity index (χ1) is 21.7. The van der Waals surface area contributed by atoms with Crippen molar-refractivity contribution in [1.82, 2.24) is 24.8 Å². The number of anilines is 1. The number of benzene rings is 3. The Labute approximate surface area is 257 Å². The van der Waals surface area contributed by atoms with Crippen molar-refractivity contribution in [2.45, 2.75) is 26.2 Å². The highest BCUT2D eigenvalue weighted by Gasteiger charge is 2.30. The zero-order valence-corrected chi connectivity index (χ0v) is 24.6. The van der Waals surface area contributed by atoms with Crippen LogP contribution in [0.2, 0.25) is 0 Å². The Balaban J connectivity index is 1.18. The van der Waals surface area contributed by atoms with E-state index in [4.69, 9.17) is 9.97 Å². The van der Waals surface area contributed by atoms with Gasteiger partial charge in [-0.25, -0.2) is 4.98 Å². The van der Waals surface area contributed by atoms with Crippen molar-refractivity contribution >= 4 is 22.9 Å². The lowest BCUT2D eigenvalue weighted by molar-refractivity contribution is -0.137. The molecule has 1 amide bonds. The molecular formula is C34H31F3N6O2. The van der Waals surface area contributed by atoms with E-state index in [1.165, 1.54) is 28.3 Å². The first kappa shape index (κ1) is 30.0. The van der Waals surface area contributed by atoms with Crippen molar-refractivity contribution in [3.63, 3.8) is 0 Å². The first-order valence-electron chi connectivity index (χ1n) is 14.6. The molecule has 1 aliphatic rings. The molecule has 1 saturated heterocycles. The normalized spacial score (nSPS) is 14.1. The lowest BCUT2D eigenvalue weighted by Gasteiger charge is -2.35. The number of nitrogens with one attached hydrogen (secondary N) is 1. The molecule has 5 aromatic rings. The monoisotopic (exact) mass is 612 g/mol. The maximum absolute atomic E-state index is 13.1. The Morgan fingerprint density at radius 3 is 2.18 bits per heavy atom. The van der Waals surface area contributed by atoms with Crippen LogP contribution in [-0.4, -0.2) is 51.5 Å². The molecule has 0 aliphatic carbocycles. The minimum atomic E-state index is -4.42. The summed E-state index contributed by atoms with van der Waals surface area (Å²) in [6.45, 7) is 6.09. The van der Waals surface area contributed by atoms with Crippen molar-refractivity contribution in [3.05, 3.63) is 129 Å². The van der Waals surface area contributed by atoms with Gasteiger partial charge in [-0.15, -0.1) is 0 Å². The molecule has 8 nitrogen and oxygen atoms in total. The molecule has 6 rings (SSSR count). The second-order valence-electron chi connectivity index (χ2n) is 11.0. The smallest absolute Gasteiger partial charge is 0.348 e. The summed E-state index contributed by atoms with van der Waals surface area (Å²) in [6, 6.07) is 24.8. The van der Waals surface area contributed by atoms with E-state index in [9.17, 15) is 22.8 Å². The third kappa shape index (κ3) is 6.73. The Bertz CT molecular complexity index is 1870. The highest BCUT2D eigenvalue weighted by Crippen LogP contribution is 2.29. The van der Waals surface area contributed by atoms with Gasteiger partial charge in [0, 0.05) is 56.3 Å². The second kappa shape index (κ2) is 12.5. The lowest BCUT2D eigenvalue weighted by Crippen LogP contribution is -2.46. The van der Waals surface area contributed by atoms with Crippen LogP contribution >= 0.6 is 0 Å². The molecule has 230 valence electrons. The number of hydrogen-bond acceptors (Lipinski definition) is 6. The molecule has 0 unspecified atom stereocenters. The van der Waals surface area contributed by atoms with Crippen molar-refractivity contribution in [2.75, 3.05) is 31.1 Å². The van der Waals surface area contributed by atoms with E-state index in [2.05, 4.69) is 27.2 Å². The molecular weight excluding hydrogens is 581 g/mol. The van der Waals surface area contributed by atoms with Gasteiger partial charge < -0.3 is 10.2 Å². The Hall–Kier alpha value is -5.03. The number of carbonyl (C=O) groups is 1. The summed E-state index contributed by atoms with van der Waals surface area (Å²) < 4.78 is 40.0. The van der Waals surface area contributed by atoms with Gasteiger partial charge in [0.1, 0.15) is 0 Å². The molecule has 45 heavy (non-hydrogen) atoms. The van der Waals surface area contributed by atoms with Crippen molar-refractivity contribution in [2.24, 2.45) is 0 Å². The number of pyridine rings is 1. The number of nitrogens with zero attached hydrogens (tertiary/aromatic N) is 5. The fraction of sp³-hybridized carbons (Fsp3) is 0.235. The van der Waals surface area contributed by atoms with Crippen LogP contribution < -0.4 is 15.8 Å². The van der Waals surface area contributed by atoms with Gasteiger partial charge in [-0.05, 0) is 60.5 Å². The van der Waals surface area contributed by atoms with E-state index in [0.717, 1.165) is 55.9 Å². The van der Waals surface area contributed by atoms with E-state index in [0.29, 0.717) is 28.4 Å². The van der Waals surface area contributed by atoms with Gasteiger partial charge in [0.15, 0.2) is 5.65 Å². The minimum absolute atomic E-state index is 0.0704. The molecule has 0 radical (unpaired) electrons. The van der Waals surface area contributed by atoms with Crippen LogP contribution in [0.15, 0.2) is 95.8 Å². The summed E-state index contributed by atoms with van der Waals surface area (Å²) in [6.07, 6.45) is -4.42. The summed E-state index contributed by atoms with van der Waals surface area (Å²) in [7, 11) is 0. The standard InChI is InChI=1S/C34H31F3N6O2/c1-23-29-15-16-30(44)43(31(29)40-33(39-23)42-19-17-41(18-20-42)22-25-5-3-2-4-6-25)28-13-9-26(10-14-28)32(45)38-21-24-7-11-27(12-8-24)34(35,36)37/h2-16H,17-22H2,1H3,(H,38,45). The van der Waals surface area contributed by atoms with Gasteiger partial charge in [-0.2, -0.15) is 18.2 Å². The molecule has 3 aromatic carbocycles. The quantitative estimate of drug-likeness (QED) is 0.267. The number of carbonyl (C=O) groups excluding carboxylic acids is 1. The lowest BCUT2D eigenvalue weighted by atomic mass is 10.1. The predicted octanol–water partition coefficient (Wildman–Crippen LogP) is 5.36. The van der Waals surface area contributed by atoms with Crippen LogP contribution in [0.25, 0.3) is 16.7 Å². The first-order valence-corrected chi connectivity index (χ1v) is 14.6. The molecule has 0 bridgehead atoms. The number of aryl methyl sites for hydroxylation is 1. The number of alkyl halides is 3. The Kier molecular flexibility index (Phi) is 8.36. The van der Waals surface area contributed by atoms with E-state index in [1.807, 2.05) is 25.1 Å².